The smallest absolute Gasteiger partial charge is 0.243 e. The van der Waals surface area contributed by atoms with Gasteiger partial charge in [-0.15, -0.1) is 12.4 Å². The molecule has 0 saturated carbocycles. The first-order valence-corrected chi connectivity index (χ1v) is 9.29. The molecule has 1 N–H and O–H groups in total. The number of fused-ring (bicyclic) bond motifs is 1. The Balaban J connectivity index is 0.00000176. The van der Waals surface area contributed by atoms with Gasteiger partial charge >= 0.3 is 0 Å². The fraction of sp³-hybridized carbons (Fsp3) is 0.625. The van der Waals surface area contributed by atoms with Crippen molar-refractivity contribution in [2.24, 2.45) is 0 Å². The van der Waals surface area contributed by atoms with Gasteiger partial charge in [-0.2, -0.15) is 4.31 Å². The molecule has 0 spiro atoms. The minimum absolute atomic E-state index is 0. The maximum Gasteiger partial charge on any atom is 0.243 e. The summed E-state index contributed by atoms with van der Waals surface area (Å²) in [6.07, 6.45) is 4.46. The molecule has 1 saturated heterocycles. The average Bonchev–Trinajstić information content (AvgIpc) is 2.49. The lowest BCUT2D eigenvalue weighted by molar-refractivity contribution is 0.244. The zero-order valence-corrected chi connectivity index (χ0v) is 14.8. The molecule has 1 fully saturated rings. The third-order valence-electron chi connectivity index (χ3n) is 4.63. The second-order valence-corrected chi connectivity index (χ2v) is 8.26. The van der Waals surface area contributed by atoms with Crippen LogP contribution in [0.25, 0.3) is 0 Å². The molecule has 1 aromatic rings. The Morgan fingerprint density at radius 2 is 1.82 bits per heavy atom. The Morgan fingerprint density at radius 1 is 1.14 bits per heavy atom. The lowest BCUT2D eigenvalue weighted by Crippen LogP contribution is -2.56. The molecule has 0 amide bonds. The van der Waals surface area contributed by atoms with Gasteiger partial charge in [0, 0.05) is 25.2 Å². The Hall–Kier alpha value is -0.620. The summed E-state index contributed by atoms with van der Waals surface area (Å²) in [5.41, 5.74) is 2.54. The van der Waals surface area contributed by atoms with E-state index in [0.717, 1.165) is 19.3 Å². The largest absolute Gasteiger partial charge is 0.311 e. The number of halogens is 1. The van der Waals surface area contributed by atoms with Gasteiger partial charge in [-0.3, -0.25) is 0 Å². The maximum absolute atomic E-state index is 12.9. The SMILES string of the molecule is CC1CN(S(=O)(=O)c2ccc3c(c2)CCCC3)C(C)CN1.Cl. The average molecular weight is 345 g/mol. The van der Waals surface area contributed by atoms with E-state index in [-0.39, 0.29) is 24.5 Å². The Bertz CT molecular complexity index is 633. The highest BCUT2D eigenvalue weighted by molar-refractivity contribution is 7.89. The van der Waals surface area contributed by atoms with Crippen molar-refractivity contribution in [3.05, 3.63) is 29.3 Å². The normalized spacial score (nSPS) is 26.1. The molecular formula is C16H25ClN2O2S. The molecule has 1 heterocycles. The van der Waals surface area contributed by atoms with Crippen molar-refractivity contribution in [3.8, 4) is 0 Å². The number of piperazine rings is 1. The van der Waals surface area contributed by atoms with Gasteiger partial charge < -0.3 is 5.32 Å². The molecule has 1 aliphatic carbocycles. The van der Waals surface area contributed by atoms with E-state index in [1.807, 2.05) is 26.0 Å². The molecule has 0 bridgehead atoms. The van der Waals surface area contributed by atoms with Gasteiger partial charge in [-0.25, -0.2) is 8.42 Å². The molecule has 2 unspecified atom stereocenters. The van der Waals surface area contributed by atoms with Gasteiger partial charge in [-0.05, 0) is 62.8 Å². The van der Waals surface area contributed by atoms with Crippen LogP contribution in [-0.4, -0.2) is 37.9 Å². The van der Waals surface area contributed by atoms with Crippen LogP contribution in [-0.2, 0) is 22.9 Å². The summed E-state index contributed by atoms with van der Waals surface area (Å²) in [4.78, 5) is 0.462. The number of rotatable bonds is 2. The lowest BCUT2D eigenvalue weighted by atomic mass is 9.92. The third-order valence-corrected chi connectivity index (χ3v) is 6.61. The summed E-state index contributed by atoms with van der Waals surface area (Å²) in [7, 11) is -3.38. The van der Waals surface area contributed by atoms with Crippen molar-refractivity contribution in [1.82, 2.24) is 9.62 Å². The summed E-state index contributed by atoms with van der Waals surface area (Å²) >= 11 is 0. The predicted octanol–water partition coefficient (Wildman–Crippen LogP) is 2.36. The highest BCUT2D eigenvalue weighted by Gasteiger charge is 2.33. The van der Waals surface area contributed by atoms with Gasteiger partial charge in [0.2, 0.25) is 10.0 Å². The molecule has 124 valence electrons. The lowest BCUT2D eigenvalue weighted by Gasteiger charge is -2.36. The minimum Gasteiger partial charge on any atom is -0.311 e. The number of hydrogen-bond donors (Lipinski definition) is 1. The number of hydrogen-bond acceptors (Lipinski definition) is 3. The number of aryl methyl sites for hydroxylation is 2. The summed E-state index contributed by atoms with van der Waals surface area (Å²) in [6.45, 7) is 5.25. The van der Waals surface area contributed by atoms with Crippen molar-refractivity contribution in [2.75, 3.05) is 13.1 Å². The van der Waals surface area contributed by atoms with Crippen LogP contribution in [0.4, 0.5) is 0 Å². The fourth-order valence-corrected chi connectivity index (χ4v) is 5.10. The molecule has 1 aromatic carbocycles. The van der Waals surface area contributed by atoms with Gasteiger partial charge in [0.15, 0.2) is 0 Å². The number of nitrogens with one attached hydrogen (secondary N) is 1. The summed E-state index contributed by atoms with van der Waals surface area (Å²) < 4.78 is 27.5. The molecule has 3 rings (SSSR count). The minimum atomic E-state index is -3.38. The summed E-state index contributed by atoms with van der Waals surface area (Å²) in [5.74, 6) is 0. The zero-order valence-electron chi connectivity index (χ0n) is 13.2. The number of nitrogens with zero attached hydrogens (tertiary/aromatic N) is 1. The first-order valence-electron chi connectivity index (χ1n) is 7.85. The van der Waals surface area contributed by atoms with Crippen LogP contribution in [0.15, 0.2) is 23.1 Å². The first-order chi connectivity index (χ1) is 9.98. The topological polar surface area (TPSA) is 49.4 Å². The van der Waals surface area contributed by atoms with Crippen molar-refractivity contribution >= 4 is 22.4 Å². The van der Waals surface area contributed by atoms with Crippen LogP contribution >= 0.6 is 12.4 Å². The highest BCUT2D eigenvalue weighted by Crippen LogP contribution is 2.27. The quantitative estimate of drug-likeness (QED) is 0.896. The fourth-order valence-electron chi connectivity index (χ4n) is 3.33. The molecule has 0 radical (unpaired) electrons. The van der Waals surface area contributed by atoms with E-state index in [4.69, 9.17) is 0 Å². The molecular weight excluding hydrogens is 320 g/mol. The predicted molar refractivity (Wildman–Crippen MR) is 91.2 cm³/mol. The van der Waals surface area contributed by atoms with Gasteiger partial charge in [0.1, 0.15) is 0 Å². The van der Waals surface area contributed by atoms with E-state index in [0.29, 0.717) is 18.0 Å². The monoisotopic (exact) mass is 344 g/mol. The Labute approximate surface area is 139 Å². The van der Waals surface area contributed by atoms with Crippen LogP contribution in [0.2, 0.25) is 0 Å². The molecule has 2 aliphatic rings. The number of benzene rings is 1. The van der Waals surface area contributed by atoms with E-state index in [9.17, 15) is 8.42 Å². The summed E-state index contributed by atoms with van der Waals surface area (Å²) in [5, 5.41) is 3.33. The standard InChI is InChI=1S/C16H24N2O2S.ClH/c1-12-11-18(13(2)10-17-12)21(19,20)16-8-7-14-5-3-4-6-15(14)9-16;/h7-9,12-13,17H,3-6,10-11H2,1-2H3;1H. The van der Waals surface area contributed by atoms with E-state index in [1.165, 1.54) is 17.5 Å². The van der Waals surface area contributed by atoms with E-state index in [2.05, 4.69) is 5.32 Å². The first kappa shape index (κ1) is 17.7. The second kappa shape index (κ2) is 6.87. The van der Waals surface area contributed by atoms with Gasteiger partial charge in [0.05, 0.1) is 4.90 Å². The summed E-state index contributed by atoms with van der Waals surface area (Å²) in [6, 6.07) is 5.91. The molecule has 0 aromatic heterocycles. The maximum atomic E-state index is 12.9. The molecule has 1 aliphatic heterocycles. The Morgan fingerprint density at radius 3 is 2.55 bits per heavy atom. The molecule has 22 heavy (non-hydrogen) atoms. The number of sulfonamides is 1. The molecule has 4 nitrogen and oxygen atoms in total. The van der Waals surface area contributed by atoms with Crippen LogP contribution in [0, 0.1) is 0 Å². The molecule has 6 heteroatoms. The van der Waals surface area contributed by atoms with Crippen molar-refractivity contribution < 1.29 is 8.42 Å². The van der Waals surface area contributed by atoms with Crippen LogP contribution in [0.5, 0.6) is 0 Å². The molecule has 2 atom stereocenters. The van der Waals surface area contributed by atoms with E-state index >= 15 is 0 Å². The van der Waals surface area contributed by atoms with Crippen LogP contribution in [0.1, 0.15) is 37.8 Å². The Kier molecular flexibility index (Phi) is 5.54. The van der Waals surface area contributed by atoms with Crippen LogP contribution in [0.3, 0.4) is 0 Å². The van der Waals surface area contributed by atoms with Crippen molar-refractivity contribution in [1.29, 1.82) is 0 Å². The zero-order chi connectivity index (χ0) is 15.0. The second-order valence-electron chi connectivity index (χ2n) is 6.37. The van der Waals surface area contributed by atoms with E-state index in [1.54, 1.807) is 10.4 Å². The third kappa shape index (κ3) is 3.32. The van der Waals surface area contributed by atoms with Gasteiger partial charge in [0.25, 0.3) is 0 Å². The van der Waals surface area contributed by atoms with Gasteiger partial charge in [-0.1, -0.05) is 6.07 Å². The van der Waals surface area contributed by atoms with Crippen molar-refractivity contribution in [3.63, 3.8) is 0 Å². The van der Waals surface area contributed by atoms with Crippen LogP contribution < -0.4 is 5.32 Å². The van der Waals surface area contributed by atoms with E-state index < -0.39 is 10.0 Å². The highest BCUT2D eigenvalue weighted by atomic mass is 35.5. The van der Waals surface area contributed by atoms with Crippen molar-refractivity contribution in [2.45, 2.75) is 56.5 Å².